The van der Waals surface area contributed by atoms with E-state index in [4.69, 9.17) is 5.26 Å². The predicted molar refractivity (Wildman–Crippen MR) is 67.3 cm³/mol. The number of likely N-dealkylation sites (N-methyl/N-ethyl adjacent to an activating group) is 1. The molecule has 0 aromatic heterocycles. The van der Waals surface area contributed by atoms with E-state index < -0.39 is 0 Å². The number of amides is 1. The third-order valence-corrected chi connectivity index (χ3v) is 3.78. The maximum atomic E-state index is 12.2. The van der Waals surface area contributed by atoms with Crippen LogP contribution >= 0.6 is 0 Å². The molecular weight excluding hydrogens is 214 g/mol. The minimum Gasteiger partial charge on any atom is -0.341 e. The Morgan fingerprint density at radius 3 is 2.94 bits per heavy atom. The van der Waals surface area contributed by atoms with Crippen LogP contribution in [0.4, 0.5) is 0 Å². The van der Waals surface area contributed by atoms with Crippen molar-refractivity contribution < 1.29 is 4.79 Å². The monoisotopic (exact) mass is 237 g/mol. The first-order chi connectivity index (χ1) is 8.10. The van der Waals surface area contributed by atoms with Crippen molar-refractivity contribution in [1.29, 1.82) is 5.26 Å². The van der Waals surface area contributed by atoms with Crippen molar-refractivity contribution >= 4 is 5.91 Å². The Bertz CT molecular complexity index is 298. The van der Waals surface area contributed by atoms with Gasteiger partial charge in [0, 0.05) is 13.1 Å². The van der Waals surface area contributed by atoms with Gasteiger partial charge in [0.1, 0.15) is 0 Å². The number of piperidine rings is 1. The van der Waals surface area contributed by atoms with Gasteiger partial charge in [-0.25, -0.2) is 0 Å². The second kappa shape index (κ2) is 6.61. The van der Waals surface area contributed by atoms with Gasteiger partial charge in [-0.1, -0.05) is 13.3 Å². The standard InChI is InChI=1S/C13H23N3O/c1-4-11-6-8-15-12(9-11)13(17)16(3)10(2)5-7-14/h10-12,15H,4-6,8-9H2,1-3H3. The number of nitrogens with zero attached hydrogens (tertiary/aromatic N) is 2. The number of nitriles is 1. The summed E-state index contributed by atoms with van der Waals surface area (Å²) in [6, 6.07) is 2.05. The van der Waals surface area contributed by atoms with Crippen LogP contribution in [0.2, 0.25) is 0 Å². The molecule has 1 rings (SSSR count). The van der Waals surface area contributed by atoms with Crippen LogP contribution in [0.15, 0.2) is 0 Å². The van der Waals surface area contributed by atoms with Crippen LogP contribution in [-0.2, 0) is 4.79 Å². The molecule has 0 spiro atoms. The molecule has 0 aromatic rings. The zero-order valence-corrected chi connectivity index (χ0v) is 11.1. The summed E-state index contributed by atoms with van der Waals surface area (Å²) in [6.45, 7) is 5.02. The molecule has 1 fully saturated rings. The maximum Gasteiger partial charge on any atom is 0.239 e. The van der Waals surface area contributed by atoms with E-state index in [9.17, 15) is 4.79 Å². The van der Waals surface area contributed by atoms with Crippen molar-refractivity contribution in [3.05, 3.63) is 0 Å². The Labute approximate surface area is 104 Å². The molecule has 0 aromatic carbocycles. The van der Waals surface area contributed by atoms with Crippen molar-refractivity contribution in [1.82, 2.24) is 10.2 Å². The van der Waals surface area contributed by atoms with E-state index in [-0.39, 0.29) is 18.0 Å². The SMILES string of the molecule is CCC1CCNC(C(=O)N(C)C(C)CC#N)C1. The van der Waals surface area contributed by atoms with Gasteiger partial charge >= 0.3 is 0 Å². The van der Waals surface area contributed by atoms with Crippen LogP contribution in [0, 0.1) is 17.2 Å². The van der Waals surface area contributed by atoms with E-state index in [1.54, 1.807) is 11.9 Å². The number of hydrogen-bond donors (Lipinski definition) is 1. The molecule has 1 saturated heterocycles. The summed E-state index contributed by atoms with van der Waals surface area (Å²) in [6.07, 6.45) is 3.63. The quantitative estimate of drug-likeness (QED) is 0.806. The molecule has 96 valence electrons. The molecule has 4 nitrogen and oxygen atoms in total. The molecule has 17 heavy (non-hydrogen) atoms. The van der Waals surface area contributed by atoms with Gasteiger partial charge in [0.15, 0.2) is 0 Å². The summed E-state index contributed by atoms with van der Waals surface area (Å²) in [5.74, 6) is 0.788. The van der Waals surface area contributed by atoms with Crippen LogP contribution in [0.3, 0.4) is 0 Å². The molecule has 1 heterocycles. The van der Waals surface area contributed by atoms with Gasteiger partial charge in [0.05, 0.1) is 18.5 Å². The van der Waals surface area contributed by atoms with Crippen molar-refractivity contribution in [3.8, 4) is 6.07 Å². The summed E-state index contributed by atoms with van der Waals surface area (Å²) >= 11 is 0. The largest absolute Gasteiger partial charge is 0.341 e. The maximum absolute atomic E-state index is 12.2. The van der Waals surface area contributed by atoms with Crippen molar-refractivity contribution in [2.24, 2.45) is 5.92 Å². The Morgan fingerprint density at radius 2 is 2.35 bits per heavy atom. The van der Waals surface area contributed by atoms with Crippen LogP contribution in [0.5, 0.6) is 0 Å². The van der Waals surface area contributed by atoms with Crippen LogP contribution in [-0.4, -0.2) is 36.5 Å². The average molecular weight is 237 g/mol. The predicted octanol–water partition coefficient (Wildman–Crippen LogP) is 1.53. The van der Waals surface area contributed by atoms with E-state index in [0.717, 1.165) is 25.8 Å². The lowest BCUT2D eigenvalue weighted by Gasteiger charge is -2.33. The molecule has 4 heteroatoms. The van der Waals surface area contributed by atoms with Gasteiger partial charge in [0.25, 0.3) is 0 Å². The molecule has 0 saturated carbocycles. The summed E-state index contributed by atoms with van der Waals surface area (Å²) < 4.78 is 0. The molecule has 3 unspecified atom stereocenters. The van der Waals surface area contributed by atoms with Gasteiger partial charge in [-0.3, -0.25) is 4.79 Å². The lowest BCUT2D eigenvalue weighted by Crippen LogP contribution is -2.51. The zero-order chi connectivity index (χ0) is 12.8. The third kappa shape index (κ3) is 3.71. The fraction of sp³-hybridized carbons (Fsp3) is 0.846. The molecule has 0 bridgehead atoms. The molecule has 1 aliphatic rings. The average Bonchev–Trinajstić information content (AvgIpc) is 2.37. The van der Waals surface area contributed by atoms with Gasteiger partial charge in [0.2, 0.25) is 5.91 Å². The number of hydrogen-bond acceptors (Lipinski definition) is 3. The van der Waals surface area contributed by atoms with Gasteiger partial charge < -0.3 is 10.2 Å². The normalized spacial score (nSPS) is 26.0. The summed E-state index contributed by atoms with van der Waals surface area (Å²) in [5.41, 5.74) is 0. The summed E-state index contributed by atoms with van der Waals surface area (Å²) in [5, 5.41) is 11.9. The Balaban J connectivity index is 2.54. The van der Waals surface area contributed by atoms with E-state index in [2.05, 4.69) is 18.3 Å². The highest BCUT2D eigenvalue weighted by atomic mass is 16.2. The Kier molecular flexibility index (Phi) is 5.43. The molecule has 1 amide bonds. The number of nitrogens with one attached hydrogen (secondary N) is 1. The lowest BCUT2D eigenvalue weighted by molar-refractivity contribution is -0.134. The van der Waals surface area contributed by atoms with Crippen LogP contribution in [0.1, 0.15) is 39.5 Å². The molecule has 0 radical (unpaired) electrons. The van der Waals surface area contributed by atoms with Crippen LogP contribution in [0.25, 0.3) is 0 Å². The number of rotatable bonds is 4. The number of carbonyl (C=O) groups excluding carboxylic acids is 1. The van der Waals surface area contributed by atoms with Gasteiger partial charge in [-0.05, 0) is 32.2 Å². The smallest absolute Gasteiger partial charge is 0.239 e. The molecule has 0 aliphatic carbocycles. The van der Waals surface area contributed by atoms with Crippen molar-refractivity contribution in [3.63, 3.8) is 0 Å². The zero-order valence-electron chi connectivity index (χ0n) is 11.1. The van der Waals surface area contributed by atoms with E-state index in [1.165, 1.54) is 0 Å². The fourth-order valence-electron chi connectivity index (χ4n) is 2.29. The van der Waals surface area contributed by atoms with E-state index >= 15 is 0 Å². The highest BCUT2D eigenvalue weighted by molar-refractivity contribution is 5.82. The second-order valence-corrected chi connectivity index (χ2v) is 4.97. The van der Waals surface area contributed by atoms with Crippen molar-refractivity contribution in [2.45, 2.75) is 51.6 Å². The molecule has 1 N–H and O–H groups in total. The number of carbonyl (C=O) groups is 1. The highest BCUT2D eigenvalue weighted by Crippen LogP contribution is 2.20. The van der Waals surface area contributed by atoms with Gasteiger partial charge in [-0.2, -0.15) is 5.26 Å². The molecule has 1 aliphatic heterocycles. The second-order valence-electron chi connectivity index (χ2n) is 4.97. The van der Waals surface area contributed by atoms with E-state index in [1.807, 2.05) is 6.92 Å². The molecule has 3 atom stereocenters. The van der Waals surface area contributed by atoms with Crippen LogP contribution < -0.4 is 5.32 Å². The topological polar surface area (TPSA) is 56.1 Å². The van der Waals surface area contributed by atoms with E-state index in [0.29, 0.717) is 12.3 Å². The highest BCUT2D eigenvalue weighted by Gasteiger charge is 2.29. The summed E-state index contributed by atoms with van der Waals surface area (Å²) in [7, 11) is 1.79. The fourth-order valence-corrected chi connectivity index (χ4v) is 2.29. The van der Waals surface area contributed by atoms with Crippen molar-refractivity contribution in [2.75, 3.05) is 13.6 Å². The Hall–Kier alpha value is -1.08. The summed E-state index contributed by atoms with van der Waals surface area (Å²) in [4.78, 5) is 13.9. The first-order valence-corrected chi connectivity index (χ1v) is 6.47. The minimum atomic E-state index is -0.0557. The first kappa shape index (κ1) is 14.0. The van der Waals surface area contributed by atoms with Gasteiger partial charge in [-0.15, -0.1) is 0 Å². The molecular formula is C13H23N3O. The third-order valence-electron chi connectivity index (χ3n) is 3.78. The Morgan fingerprint density at radius 1 is 1.65 bits per heavy atom. The first-order valence-electron chi connectivity index (χ1n) is 6.47. The lowest BCUT2D eigenvalue weighted by atomic mass is 9.89. The minimum absolute atomic E-state index is 0.00342.